The van der Waals surface area contributed by atoms with E-state index in [9.17, 15) is 14.7 Å². The molecular weight excluding hydrogens is 364 g/mol. The Kier molecular flexibility index (Phi) is 4.24. The van der Waals surface area contributed by atoms with Crippen molar-refractivity contribution in [2.24, 2.45) is 0 Å². The number of carbonyl (C=O) groups is 2. The Morgan fingerprint density at radius 1 is 1.14 bits per heavy atom. The third kappa shape index (κ3) is 3.05. The van der Waals surface area contributed by atoms with E-state index in [1.807, 2.05) is 36.4 Å². The summed E-state index contributed by atoms with van der Waals surface area (Å²) in [5.41, 5.74) is -0.151. The Hall–Kier alpha value is -4.14. The second-order valence-electron chi connectivity index (χ2n) is 5.89. The minimum atomic E-state index is -1.21. The van der Waals surface area contributed by atoms with Gasteiger partial charge in [0.05, 0.1) is 0 Å². The number of amides is 1. The largest absolute Gasteiger partial charge is 0.507 e. The van der Waals surface area contributed by atoms with Crippen LogP contribution in [0.1, 0.15) is 10.4 Å². The molecule has 2 aromatic carbocycles. The van der Waals surface area contributed by atoms with E-state index in [0.29, 0.717) is 5.75 Å². The summed E-state index contributed by atoms with van der Waals surface area (Å²) in [4.78, 5) is 26.9. The number of hydrogen-bond donors (Lipinski definition) is 3. The molecule has 140 valence electrons. The van der Waals surface area contributed by atoms with Crippen LogP contribution in [0.2, 0.25) is 0 Å². The van der Waals surface area contributed by atoms with Crippen LogP contribution in [-0.4, -0.2) is 43.2 Å². The lowest BCUT2D eigenvalue weighted by atomic mass is 10.1. The summed E-state index contributed by atoms with van der Waals surface area (Å²) in [6, 6.07) is 14.4. The number of ether oxygens (including phenoxy) is 1. The fourth-order valence-corrected chi connectivity index (χ4v) is 2.87. The Morgan fingerprint density at radius 2 is 1.93 bits per heavy atom. The molecule has 1 amide bonds. The number of nitrogens with one attached hydrogen (secondary N) is 1. The number of hydrogen-bond acceptors (Lipinski definition) is 6. The van der Waals surface area contributed by atoms with Crippen LogP contribution in [0.25, 0.3) is 16.4 Å². The van der Waals surface area contributed by atoms with Gasteiger partial charge in [-0.05, 0) is 11.5 Å². The molecule has 2 heterocycles. The number of carbonyl (C=O) groups excluding carboxylic acids is 1. The minimum Gasteiger partial charge on any atom is -0.507 e. The van der Waals surface area contributed by atoms with E-state index in [2.05, 4.69) is 15.4 Å². The van der Waals surface area contributed by atoms with Crippen LogP contribution in [0.5, 0.6) is 17.4 Å². The molecule has 4 aromatic rings. The lowest BCUT2D eigenvalue weighted by Crippen LogP contribution is -2.29. The summed E-state index contributed by atoms with van der Waals surface area (Å²) in [6.07, 6.45) is 1.21. The number of benzene rings is 2. The Balaban J connectivity index is 1.77. The summed E-state index contributed by atoms with van der Waals surface area (Å²) in [6.45, 7) is -0.590. The molecule has 0 spiro atoms. The van der Waals surface area contributed by atoms with Crippen molar-refractivity contribution in [2.75, 3.05) is 6.54 Å². The maximum Gasteiger partial charge on any atom is 0.322 e. The van der Waals surface area contributed by atoms with Crippen molar-refractivity contribution >= 4 is 28.3 Å². The van der Waals surface area contributed by atoms with Crippen molar-refractivity contribution in [3.63, 3.8) is 0 Å². The highest BCUT2D eigenvalue weighted by atomic mass is 16.5. The highest BCUT2D eigenvalue weighted by Crippen LogP contribution is 2.33. The van der Waals surface area contributed by atoms with Crippen LogP contribution in [-0.2, 0) is 4.79 Å². The number of aromatic hydroxyl groups is 1. The lowest BCUT2D eigenvalue weighted by molar-refractivity contribution is -0.135. The second-order valence-corrected chi connectivity index (χ2v) is 5.89. The zero-order valence-electron chi connectivity index (χ0n) is 14.4. The molecule has 2 aromatic heterocycles. The predicted molar refractivity (Wildman–Crippen MR) is 98.6 cm³/mol. The topological polar surface area (TPSA) is 126 Å². The lowest BCUT2D eigenvalue weighted by Gasteiger charge is -2.12. The van der Waals surface area contributed by atoms with Gasteiger partial charge < -0.3 is 20.3 Å². The third-order valence-corrected chi connectivity index (χ3v) is 4.09. The molecular formula is C19H14N4O5. The summed E-state index contributed by atoms with van der Waals surface area (Å²) in [7, 11) is 0. The van der Waals surface area contributed by atoms with Crippen molar-refractivity contribution in [3.05, 3.63) is 60.4 Å². The van der Waals surface area contributed by atoms with Crippen LogP contribution >= 0.6 is 0 Å². The van der Waals surface area contributed by atoms with Gasteiger partial charge in [-0.15, -0.1) is 0 Å². The predicted octanol–water partition coefficient (Wildman–Crippen LogP) is 2.19. The van der Waals surface area contributed by atoms with Crippen molar-refractivity contribution in [1.82, 2.24) is 19.9 Å². The van der Waals surface area contributed by atoms with E-state index >= 15 is 0 Å². The van der Waals surface area contributed by atoms with Crippen LogP contribution < -0.4 is 10.1 Å². The maximum atomic E-state index is 12.3. The van der Waals surface area contributed by atoms with E-state index in [4.69, 9.17) is 9.84 Å². The number of nitrogens with zero attached hydrogens (tertiary/aromatic N) is 3. The molecule has 9 heteroatoms. The monoisotopic (exact) mass is 378 g/mol. The standard InChI is InChI=1S/C19H14N4O5/c24-13-8-15(28-14-7-3-5-11-4-1-2-6-12(11)14)23-18(21-10-22-23)17(13)19(27)20-9-16(25)26/h1-8,10,24H,9H2,(H,20,27)(H,25,26). The van der Waals surface area contributed by atoms with E-state index in [1.165, 1.54) is 16.9 Å². The van der Waals surface area contributed by atoms with Gasteiger partial charge in [0.1, 0.15) is 29.9 Å². The van der Waals surface area contributed by atoms with E-state index in [-0.39, 0.29) is 17.1 Å². The van der Waals surface area contributed by atoms with Gasteiger partial charge in [-0.1, -0.05) is 36.4 Å². The number of rotatable bonds is 5. The molecule has 4 rings (SSSR count). The van der Waals surface area contributed by atoms with Crippen LogP contribution in [0.4, 0.5) is 0 Å². The van der Waals surface area contributed by atoms with Crippen LogP contribution in [0, 0.1) is 0 Å². The van der Waals surface area contributed by atoms with Crippen molar-refractivity contribution in [3.8, 4) is 17.4 Å². The highest BCUT2D eigenvalue weighted by Gasteiger charge is 2.22. The molecule has 0 aliphatic heterocycles. The summed E-state index contributed by atoms with van der Waals surface area (Å²) >= 11 is 0. The number of aliphatic carboxylic acids is 1. The third-order valence-electron chi connectivity index (χ3n) is 4.09. The fraction of sp³-hybridized carbons (Fsp3) is 0.0526. The van der Waals surface area contributed by atoms with Gasteiger partial charge in [-0.2, -0.15) is 9.61 Å². The van der Waals surface area contributed by atoms with Crippen LogP contribution in [0.15, 0.2) is 54.9 Å². The van der Waals surface area contributed by atoms with Gasteiger partial charge in [0.2, 0.25) is 5.88 Å². The SMILES string of the molecule is O=C(O)CNC(=O)c1c(O)cc(Oc2cccc3ccccc23)n2ncnc12. The van der Waals surface area contributed by atoms with E-state index < -0.39 is 24.2 Å². The number of fused-ring (bicyclic) bond motifs is 2. The van der Waals surface area contributed by atoms with Gasteiger partial charge in [-0.3, -0.25) is 9.59 Å². The molecule has 0 radical (unpaired) electrons. The molecule has 9 nitrogen and oxygen atoms in total. The van der Waals surface area contributed by atoms with Gasteiger partial charge >= 0.3 is 5.97 Å². The molecule has 0 bridgehead atoms. The molecule has 0 unspecified atom stereocenters. The van der Waals surface area contributed by atoms with E-state index in [1.54, 1.807) is 6.07 Å². The van der Waals surface area contributed by atoms with Gasteiger partial charge in [0.15, 0.2) is 5.65 Å². The van der Waals surface area contributed by atoms with E-state index in [0.717, 1.165) is 10.8 Å². The number of aromatic nitrogens is 3. The maximum absolute atomic E-state index is 12.3. The first-order valence-corrected chi connectivity index (χ1v) is 8.26. The minimum absolute atomic E-state index is 0.0399. The average molecular weight is 378 g/mol. The Bertz CT molecular complexity index is 1210. The second kappa shape index (κ2) is 6.88. The summed E-state index contributed by atoms with van der Waals surface area (Å²) in [5, 5.41) is 27.2. The number of pyridine rings is 1. The normalized spacial score (nSPS) is 10.9. The van der Waals surface area contributed by atoms with Gasteiger partial charge in [0, 0.05) is 11.5 Å². The molecule has 0 fully saturated rings. The summed E-state index contributed by atoms with van der Waals surface area (Å²) in [5.74, 6) is -1.71. The average Bonchev–Trinajstić information content (AvgIpc) is 3.16. The first kappa shape index (κ1) is 17.3. The molecule has 0 aliphatic carbocycles. The molecule has 0 aliphatic rings. The van der Waals surface area contributed by atoms with Crippen molar-refractivity contribution in [1.29, 1.82) is 0 Å². The zero-order chi connectivity index (χ0) is 19.7. The Labute approximate surface area is 157 Å². The summed E-state index contributed by atoms with van der Waals surface area (Å²) < 4.78 is 7.21. The molecule has 0 atom stereocenters. The Morgan fingerprint density at radius 3 is 2.75 bits per heavy atom. The van der Waals surface area contributed by atoms with Gasteiger partial charge in [-0.25, -0.2) is 4.98 Å². The first-order valence-electron chi connectivity index (χ1n) is 8.26. The number of carboxylic acid groups (broad SMARTS) is 1. The first-order chi connectivity index (χ1) is 13.5. The molecule has 3 N–H and O–H groups in total. The molecule has 0 saturated carbocycles. The molecule has 0 saturated heterocycles. The van der Waals surface area contributed by atoms with Crippen LogP contribution in [0.3, 0.4) is 0 Å². The smallest absolute Gasteiger partial charge is 0.322 e. The quantitative estimate of drug-likeness (QED) is 0.486. The highest BCUT2D eigenvalue weighted by molar-refractivity contribution is 6.03. The van der Waals surface area contributed by atoms with Gasteiger partial charge in [0.25, 0.3) is 5.91 Å². The van der Waals surface area contributed by atoms with Crippen molar-refractivity contribution < 1.29 is 24.5 Å². The zero-order valence-corrected chi connectivity index (χ0v) is 14.4. The molecule has 28 heavy (non-hydrogen) atoms. The fourth-order valence-electron chi connectivity index (χ4n) is 2.87. The number of carboxylic acids is 1. The van der Waals surface area contributed by atoms with Crippen molar-refractivity contribution in [2.45, 2.75) is 0 Å².